The maximum atomic E-state index is 8.56. The minimum atomic E-state index is 0.102. The van der Waals surface area contributed by atoms with Crippen molar-refractivity contribution in [3.63, 3.8) is 0 Å². The first-order valence-electron chi connectivity index (χ1n) is 6.34. The molecular weight excluding hydrogens is 250 g/mol. The molecule has 1 aromatic rings. The Bertz CT molecular complexity index is 333. The molecule has 0 aliphatic carbocycles. The molecule has 0 atom stereocenters. The van der Waals surface area contributed by atoms with Crippen LogP contribution in [0.3, 0.4) is 0 Å². The highest BCUT2D eigenvalue weighted by Gasteiger charge is 2.00. The Balaban J connectivity index is 2.11. The van der Waals surface area contributed by atoms with Crippen molar-refractivity contribution in [3.05, 3.63) is 34.9 Å². The first-order valence-corrected chi connectivity index (χ1v) is 6.72. The van der Waals surface area contributed by atoms with E-state index in [0.717, 1.165) is 31.0 Å². The van der Waals surface area contributed by atoms with Crippen LogP contribution in [0.2, 0.25) is 5.02 Å². The number of aliphatic hydroxyl groups excluding tert-OH is 1. The number of aliphatic hydroxyl groups is 1. The largest absolute Gasteiger partial charge is 0.394 e. The summed E-state index contributed by atoms with van der Waals surface area (Å²) in [5.41, 5.74) is 1.27. The van der Waals surface area contributed by atoms with Crippen LogP contribution in [0.25, 0.3) is 0 Å². The second-order valence-electron chi connectivity index (χ2n) is 4.37. The van der Waals surface area contributed by atoms with E-state index in [1.807, 2.05) is 18.2 Å². The summed E-state index contributed by atoms with van der Waals surface area (Å²) < 4.78 is 5.22. The van der Waals surface area contributed by atoms with E-state index in [9.17, 15) is 0 Å². The molecule has 0 saturated heterocycles. The molecule has 0 unspecified atom stereocenters. The molecule has 0 aliphatic heterocycles. The lowest BCUT2D eigenvalue weighted by Gasteiger charge is -2.16. The quantitative estimate of drug-likeness (QED) is 0.699. The summed E-state index contributed by atoms with van der Waals surface area (Å²) in [5, 5.41) is 9.36. The lowest BCUT2D eigenvalue weighted by molar-refractivity contribution is 0.0862. The third-order valence-corrected chi connectivity index (χ3v) is 2.97. The zero-order valence-electron chi connectivity index (χ0n) is 10.9. The monoisotopic (exact) mass is 271 g/mol. The van der Waals surface area contributed by atoms with Crippen molar-refractivity contribution >= 4 is 11.6 Å². The summed E-state index contributed by atoms with van der Waals surface area (Å²) in [6, 6.07) is 8.00. The fraction of sp³-hybridized carbons (Fsp3) is 0.571. The maximum absolute atomic E-state index is 8.56. The van der Waals surface area contributed by atoms with Gasteiger partial charge < -0.3 is 14.7 Å². The average Bonchev–Trinajstić information content (AvgIpc) is 2.36. The van der Waals surface area contributed by atoms with Crippen molar-refractivity contribution in [2.24, 2.45) is 0 Å². The standard InChI is InChI=1S/C14H22ClNO2/c1-16(7-3-10-18-11-9-17)8-6-13-4-2-5-14(15)12-13/h2,4-5,12,17H,3,6-11H2,1H3. The Labute approximate surface area is 114 Å². The van der Waals surface area contributed by atoms with E-state index in [0.29, 0.717) is 13.2 Å². The van der Waals surface area contributed by atoms with E-state index in [2.05, 4.69) is 18.0 Å². The van der Waals surface area contributed by atoms with Gasteiger partial charge in [-0.1, -0.05) is 23.7 Å². The minimum absolute atomic E-state index is 0.102. The molecule has 0 spiro atoms. The molecule has 1 rings (SSSR count). The molecule has 0 amide bonds. The molecule has 0 saturated carbocycles. The Morgan fingerprint density at radius 1 is 1.28 bits per heavy atom. The molecule has 0 aromatic heterocycles. The van der Waals surface area contributed by atoms with Crippen LogP contribution in [0.4, 0.5) is 0 Å². The highest BCUT2D eigenvalue weighted by atomic mass is 35.5. The van der Waals surface area contributed by atoms with Gasteiger partial charge in [-0.15, -0.1) is 0 Å². The smallest absolute Gasteiger partial charge is 0.0697 e. The molecule has 102 valence electrons. The van der Waals surface area contributed by atoms with Gasteiger partial charge in [0.25, 0.3) is 0 Å². The molecule has 0 bridgehead atoms. The van der Waals surface area contributed by atoms with E-state index in [4.69, 9.17) is 21.4 Å². The summed E-state index contributed by atoms with van der Waals surface area (Å²) in [4.78, 5) is 2.28. The predicted octanol–water partition coefficient (Wildman–Crippen LogP) is 2.21. The van der Waals surface area contributed by atoms with Crippen LogP contribution in [0.15, 0.2) is 24.3 Å². The number of nitrogens with zero attached hydrogens (tertiary/aromatic N) is 1. The van der Waals surface area contributed by atoms with E-state index in [1.165, 1.54) is 5.56 Å². The molecule has 0 aliphatic rings. The first-order chi connectivity index (χ1) is 8.72. The summed E-state index contributed by atoms with van der Waals surface area (Å²) in [5.74, 6) is 0. The lowest BCUT2D eigenvalue weighted by Crippen LogP contribution is -2.23. The number of hydrogen-bond donors (Lipinski definition) is 1. The molecule has 0 heterocycles. The predicted molar refractivity (Wildman–Crippen MR) is 75.2 cm³/mol. The van der Waals surface area contributed by atoms with Gasteiger partial charge in [-0.25, -0.2) is 0 Å². The Hall–Kier alpha value is -0.610. The normalized spacial score (nSPS) is 11.1. The fourth-order valence-electron chi connectivity index (χ4n) is 1.73. The van der Waals surface area contributed by atoms with Gasteiger partial charge in [0.15, 0.2) is 0 Å². The highest BCUT2D eigenvalue weighted by Crippen LogP contribution is 2.11. The number of ether oxygens (including phenoxy) is 1. The molecule has 3 nitrogen and oxygen atoms in total. The van der Waals surface area contributed by atoms with E-state index < -0.39 is 0 Å². The van der Waals surface area contributed by atoms with Crippen molar-refractivity contribution < 1.29 is 9.84 Å². The number of rotatable bonds is 9. The van der Waals surface area contributed by atoms with Crippen LogP contribution < -0.4 is 0 Å². The van der Waals surface area contributed by atoms with Crippen molar-refractivity contribution in [1.29, 1.82) is 0 Å². The summed E-state index contributed by atoms with van der Waals surface area (Å²) in [6.45, 7) is 3.27. The van der Waals surface area contributed by atoms with E-state index in [-0.39, 0.29) is 6.61 Å². The fourth-order valence-corrected chi connectivity index (χ4v) is 1.94. The number of likely N-dealkylation sites (N-methyl/N-ethyl adjacent to an activating group) is 1. The molecule has 0 radical (unpaired) electrons. The van der Waals surface area contributed by atoms with Gasteiger partial charge in [0.05, 0.1) is 13.2 Å². The number of halogens is 1. The summed E-state index contributed by atoms with van der Waals surface area (Å²) in [6.07, 6.45) is 2.00. The van der Waals surface area contributed by atoms with Gasteiger partial charge in [-0.3, -0.25) is 0 Å². The van der Waals surface area contributed by atoms with E-state index in [1.54, 1.807) is 0 Å². The van der Waals surface area contributed by atoms with Crippen LogP contribution in [0.5, 0.6) is 0 Å². The lowest BCUT2D eigenvalue weighted by atomic mass is 10.1. The van der Waals surface area contributed by atoms with Crippen LogP contribution in [-0.2, 0) is 11.2 Å². The van der Waals surface area contributed by atoms with Gasteiger partial charge in [-0.05, 0) is 37.6 Å². The van der Waals surface area contributed by atoms with Crippen LogP contribution in [0.1, 0.15) is 12.0 Å². The first kappa shape index (κ1) is 15.4. The van der Waals surface area contributed by atoms with Crippen molar-refractivity contribution in [2.45, 2.75) is 12.8 Å². The number of hydrogen-bond acceptors (Lipinski definition) is 3. The van der Waals surface area contributed by atoms with Crippen LogP contribution in [-0.4, -0.2) is 50.0 Å². The van der Waals surface area contributed by atoms with E-state index >= 15 is 0 Å². The second kappa shape index (κ2) is 9.34. The van der Waals surface area contributed by atoms with Gasteiger partial charge in [-0.2, -0.15) is 0 Å². The topological polar surface area (TPSA) is 32.7 Å². The summed E-state index contributed by atoms with van der Waals surface area (Å²) in [7, 11) is 2.11. The zero-order valence-corrected chi connectivity index (χ0v) is 11.7. The van der Waals surface area contributed by atoms with Crippen molar-refractivity contribution in [1.82, 2.24) is 4.90 Å². The van der Waals surface area contributed by atoms with Gasteiger partial charge in [0, 0.05) is 24.7 Å². The average molecular weight is 272 g/mol. The van der Waals surface area contributed by atoms with Gasteiger partial charge in [0.2, 0.25) is 0 Å². The van der Waals surface area contributed by atoms with Crippen LogP contribution >= 0.6 is 11.6 Å². The molecule has 4 heteroatoms. The second-order valence-corrected chi connectivity index (χ2v) is 4.81. The molecular formula is C14H22ClNO2. The summed E-state index contributed by atoms with van der Waals surface area (Å²) >= 11 is 5.94. The minimum Gasteiger partial charge on any atom is -0.394 e. The van der Waals surface area contributed by atoms with Crippen molar-refractivity contribution in [2.75, 3.05) is 40.0 Å². The Morgan fingerprint density at radius 3 is 2.83 bits per heavy atom. The molecule has 0 fully saturated rings. The maximum Gasteiger partial charge on any atom is 0.0697 e. The molecule has 1 aromatic carbocycles. The Kier molecular flexibility index (Phi) is 8.01. The SMILES string of the molecule is CN(CCCOCCO)CCc1cccc(Cl)c1. The highest BCUT2D eigenvalue weighted by molar-refractivity contribution is 6.30. The third-order valence-electron chi connectivity index (χ3n) is 2.74. The van der Waals surface area contributed by atoms with Crippen molar-refractivity contribution in [3.8, 4) is 0 Å². The van der Waals surface area contributed by atoms with Gasteiger partial charge in [0.1, 0.15) is 0 Å². The molecule has 18 heavy (non-hydrogen) atoms. The Morgan fingerprint density at radius 2 is 2.11 bits per heavy atom. The third kappa shape index (κ3) is 6.97. The number of benzene rings is 1. The van der Waals surface area contributed by atoms with Gasteiger partial charge >= 0.3 is 0 Å². The molecule has 1 N–H and O–H groups in total. The zero-order chi connectivity index (χ0) is 13.2. The van der Waals surface area contributed by atoms with Crippen LogP contribution in [0, 0.1) is 0 Å².